The molecule has 11 heteroatoms. The Kier molecular flexibility index (Phi) is 7.34. The Hall–Kier alpha value is -8.69. The van der Waals surface area contributed by atoms with Gasteiger partial charge in [0.2, 0.25) is 0 Å². The summed E-state index contributed by atoms with van der Waals surface area (Å²) >= 11 is 0. The number of nitrogens with zero attached hydrogens (tertiary/aromatic N) is 4. The van der Waals surface area contributed by atoms with Gasteiger partial charge in [-0.15, -0.1) is 0 Å². The lowest BCUT2D eigenvalue weighted by Crippen LogP contribution is -2.57. The molecule has 4 aliphatic heterocycles. The molecule has 0 saturated carbocycles. The topological polar surface area (TPSA) is 85.7 Å². The van der Waals surface area contributed by atoms with E-state index in [2.05, 4.69) is 126 Å². The molecule has 3 aromatic heterocycles. The maximum Gasteiger partial charge on any atom is 0.260 e. The number of hydrogen-bond donors (Lipinski definition) is 0. The van der Waals surface area contributed by atoms with Gasteiger partial charge in [0.05, 0.1) is 28.3 Å². The van der Waals surface area contributed by atoms with Crippen LogP contribution in [0.25, 0.3) is 67.3 Å². The minimum absolute atomic E-state index is 0.132. The SMILES string of the molecule is Cn1c(-c2ccc3c(c2)B2c4cc(-c5coc(-c6ccc7c(c6)B6c8cc(-c9nc%10ccccc%10n9C)ccc8Oc8cccc(c86)O7)c5)ccc4Oc4cccc(c42)O3)nc2ccccc21. The van der Waals surface area contributed by atoms with Crippen molar-refractivity contribution in [2.75, 3.05) is 0 Å². The third-order valence-electron chi connectivity index (χ3n) is 14.1. The molecule has 9 nitrogen and oxygen atoms in total. The second-order valence-electron chi connectivity index (χ2n) is 17.8. The van der Waals surface area contributed by atoms with Crippen molar-refractivity contribution in [2.45, 2.75) is 0 Å². The Morgan fingerprint density at radius 1 is 0.373 bits per heavy atom. The monoisotopic (exact) mass is 864 g/mol. The first-order chi connectivity index (χ1) is 33.0. The van der Waals surface area contributed by atoms with E-state index < -0.39 is 0 Å². The Morgan fingerprint density at radius 3 is 1.24 bits per heavy atom. The van der Waals surface area contributed by atoms with Crippen molar-refractivity contribution in [1.29, 1.82) is 0 Å². The predicted molar refractivity (Wildman–Crippen MR) is 264 cm³/mol. The average Bonchev–Trinajstić information content (AvgIpc) is 4.09. The van der Waals surface area contributed by atoms with E-state index in [0.717, 1.165) is 146 Å². The molecule has 0 atom stereocenters. The van der Waals surface area contributed by atoms with E-state index in [1.54, 1.807) is 0 Å². The fraction of sp³-hybridized carbons (Fsp3) is 0.0357. The van der Waals surface area contributed by atoms with Crippen LogP contribution in [-0.2, 0) is 14.1 Å². The van der Waals surface area contributed by atoms with E-state index in [9.17, 15) is 0 Å². The molecule has 0 aliphatic carbocycles. The molecule has 8 aromatic carbocycles. The number of hydrogen-bond acceptors (Lipinski definition) is 7. The third kappa shape index (κ3) is 5.27. The summed E-state index contributed by atoms with van der Waals surface area (Å²) in [7, 11) is 4.14. The van der Waals surface area contributed by atoms with Crippen LogP contribution in [0.2, 0.25) is 0 Å². The van der Waals surface area contributed by atoms with Crippen LogP contribution in [0.15, 0.2) is 174 Å². The van der Waals surface area contributed by atoms with Gasteiger partial charge >= 0.3 is 0 Å². The zero-order valence-electron chi connectivity index (χ0n) is 36.2. The van der Waals surface area contributed by atoms with E-state index in [1.807, 2.05) is 66.9 Å². The molecule has 11 aromatic rings. The summed E-state index contributed by atoms with van der Waals surface area (Å²) in [4.78, 5) is 10.1. The van der Waals surface area contributed by atoms with Crippen molar-refractivity contribution < 1.29 is 23.4 Å². The fourth-order valence-electron chi connectivity index (χ4n) is 10.9. The van der Waals surface area contributed by atoms with Gasteiger partial charge in [0.1, 0.15) is 63.4 Å². The van der Waals surface area contributed by atoms with Gasteiger partial charge < -0.3 is 32.5 Å². The summed E-state index contributed by atoms with van der Waals surface area (Å²) in [5.74, 6) is 8.98. The predicted octanol–water partition coefficient (Wildman–Crippen LogP) is 9.18. The number of imidazole rings is 2. The average molecular weight is 865 g/mol. The number of rotatable bonds is 4. The normalized spacial score (nSPS) is 13.3. The van der Waals surface area contributed by atoms with Crippen LogP contribution in [0.3, 0.4) is 0 Å². The molecule has 0 N–H and O–H groups in total. The van der Waals surface area contributed by atoms with Crippen LogP contribution < -0.4 is 51.7 Å². The number of para-hydroxylation sites is 4. The molecule has 4 aliphatic rings. The molecule has 0 fully saturated rings. The highest BCUT2D eigenvalue weighted by Crippen LogP contribution is 2.40. The zero-order valence-corrected chi connectivity index (χ0v) is 36.2. The highest BCUT2D eigenvalue weighted by Gasteiger charge is 2.42. The minimum atomic E-state index is -0.143. The first-order valence-electron chi connectivity index (χ1n) is 22.4. The smallest absolute Gasteiger partial charge is 0.260 e. The van der Waals surface area contributed by atoms with Crippen molar-refractivity contribution in [3.05, 3.63) is 170 Å². The second kappa shape index (κ2) is 13.4. The van der Waals surface area contributed by atoms with E-state index in [0.29, 0.717) is 0 Å². The van der Waals surface area contributed by atoms with E-state index >= 15 is 0 Å². The lowest BCUT2D eigenvalue weighted by Gasteiger charge is -2.33. The van der Waals surface area contributed by atoms with Crippen molar-refractivity contribution in [3.63, 3.8) is 0 Å². The van der Waals surface area contributed by atoms with E-state index in [4.69, 9.17) is 33.3 Å². The summed E-state index contributed by atoms with van der Waals surface area (Å²) in [6, 6.07) is 56.2. The molecule has 0 amide bonds. The quantitative estimate of drug-likeness (QED) is 0.163. The van der Waals surface area contributed by atoms with Crippen molar-refractivity contribution >= 4 is 68.3 Å². The summed E-state index contributed by atoms with van der Waals surface area (Å²) < 4.78 is 37.2. The molecule has 0 spiro atoms. The number of furan rings is 1. The van der Waals surface area contributed by atoms with Crippen LogP contribution in [0.4, 0.5) is 0 Å². The van der Waals surface area contributed by atoms with Gasteiger partial charge in [-0.3, -0.25) is 0 Å². The number of fused-ring (bicyclic) bond motifs is 10. The number of aryl methyl sites for hydroxylation is 2. The number of ether oxygens (including phenoxy) is 4. The van der Waals surface area contributed by atoms with Gasteiger partial charge in [0.25, 0.3) is 13.4 Å². The molecule has 0 radical (unpaired) electrons. The van der Waals surface area contributed by atoms with Crippen LogP contribution in [0.5, 0.6) is 46.0 Å². The van der Waals surface area contributed by atoms with Gasteiger partial charge in [-0.05, 0) is 124 Å². The maximum atomic E-state index is 6.62. The minimum Gasteiger partial charge on any atom is -0.464 e. The molecule has 7 heterocycles. The van der Waals surface area contributed by atoms with E-state index in [1.165, 1.54) is 0 Å². The first-order valence-corrected chi connectivity index (χ1v) is 22.4. The van der Waals surface area contributed by atoms with Gasteiger partial charge in [-0.1, -0.05) is 66.7 Å². The Labute approximate surface area is 384 Å². The Morgan fingerprint density at radius 2 is 0.776 bits per heavy atom. The molecular formula is C56H34B2N4O5. The third-order valence-corrected chi connectivity index (χ3v) is 14.1. The lowest BCUT2D eigenvalue weighted by molar-refractivity contribution is 0.464. The summed E-state index contributed by atoms with van der Waals surface area (Å²) in [6.07, 6.45) is 1.85. The van der Waals surface area contributed by atoms with Crippen molar-refractivity contribution in [1.82, 2.24) is 19.1 Å². The molecule has 0 bridgehead atoms. The fourth-order valence-corrected chi connectivity index (χ4v) is 10.9. The van der Waals surface area contributed by atoms with Crippen LogP contribution in [0, 0.1) is 0 Å². The van der Waals surface area contributed by atoms with Crippen LogP contribution in [0.1, 0.15) is 0 Å². The van der Waals surface area contributed by atoms with Crippen LogP contribution >= 0.6 is 0 Å². The molecule has 15 rings (SSSR count). The molecule has 67 heavy (non-hydrogen) atoms. The first kappa shape index (κ1) is 36.6. The van der Waals surface area contributed by atoms with Crippen molar-refractivity contribution in [3.8, 4) is 91.2 Å². The zero-order chi connectivity index (χ0) is 44.1. The molecular weight excluding hydrogens is 830 g/mol. The van der Waals surface area contributed by atoms with Gasteiger partial charge in [0, 0.05) is 47.3 Å². The maximum absolute atomic E-state index is 6.62. The largest absolute Gasteiger partial charge is 0.464 e. The highest BCUT2D eigenvalue weighted by atomic mass is 16.5. The summed E-state index contributed by atoms with van der Waals surface area (Å²) in [5.41, 5.74) is 15.3. The van der Waals surface area contributed by atoms with Gasteiger partial charge in [-0.2, -0.15) is 0 Å². The number of aromatic nitrogens is 4. The number of benzene rings is 8. The summed E-state index contributed by atoms with van der Waals surface area (Å²) in [5, 5.41) is 0. The standard InChI is InChI=1S/C56H34B2N4O5/c1-61-42-11-5-3-9-40(42)59-55(61)33-19-23-46-38(27-33)57-36-25-31(17-21-44(36)64-48-13-7-14-49(66-46)53(48)57)35-29-52(63-30-35)32-18-22-45-37(26-32)58-39-28-34(56-60-41-10-4-6-12-43(41)62(56)2)20-24-47(39)67-51-16-8-15-50(65-45)54(51)58/h3-30H,1-2H3. The molecule has 314 valence electrons. The lowest BCUT2D eigenvalue weighted by atomic mass is 9.34. The van der Waals surface area contributed by atoms with E-state index in [-0.39, 0.29) is 13.4 Å². The highest BCUT2D eigenvalue weighted by molar-refractivity contribution is 6.99. The summed E-state index contributed by atoms with van der Waals surface area (Å²) in [6.45, 7) is -0.275. The van der Waals surface area contributed by atoms with Crippen LogP contribution in [-0.4, -0.2) is 32.5 Å². The van der Waals surface area contributed by atoms with Crippen molar-refractivity contribution in [2.24, 2.45) is 14.1 Å². The molecule has 0 unspecified atom stereocenters. The van der Waals surface area contributed by atoms with Gasteiger partial charge in [-0.25, -0.2) is 9.97 Å². The Balaban J connectivity index is 0.815. The Bertz CT molecular complexity index is 3680. The molecule has 0 saturated heterocycles. The second-order valence-corrected chi connectivity index (χ2v) is 17.8. The van der Waals surface area contributed by atoms with Gasteiger partial charge in [0.15, 0.2) is 0 Å².